The summed E-state index contributed by atoms with van der Waals surface area (Å²) in [5, 5.41) is 3.58. The lowest BCUT2D eigenvalue weighted by Crippen LogP contribution is -2.45. The SMILES string of the molecule is C1CNC(C23CC4CC5CC2(C3)C5C4)=N1. The number of hydrogen-bond donors (Lipinski definition) is 1. The molecule has 0 aromatic heterocycles. The fourth-order valence-electron chi connectivity index (χ4n) is 5.92. The minimum atomic E-state index is 0.573. The minimum Gasteiger partial charge on any atom is -0.371 e. The van der Waals surface area contributed by atoms with Gasteiger partial charge in [0.25, 0.3) is 0 Å². The minimum absolute atomic E-state index is 0.573. The van der Waals surface area contributed by atoms with E-state index in [0.717, 1.165) is 36.3 Å². The number of nitrogens with zero attached hydrogens (tertiary/aromatic N) is 1. The van der Waals surface area contributed by atoms with E-state index in [9.17, 15) is 0 Å². The molecule has 1 aliphatic heterocycles. The van der Waals surface area contributed by atoms with Gasteiger partial charge in [-0.05, 0) is 55.3 Å². The molecular weight excluding hydrogens is 184 g/mol. The molecule has 5 unspecified atom stereocenters. The van der Waals surface area contributed by atoms with Gasteiger partial charge in [0.05, 0.1) is 6.54 Å². The summed E-state index contributed by atoms with van der Waals surface area (Å²) in [6, 6.07) is 0. The second kappa shape index (κ2) is 1.99. The average molecular weight is 202 g/mol. The van der Waals surface area contributed by atoms with Crippen LogP contribution in [-0.4, -0.2) is 18.9 Å². The maximum Gasteiger partial charge on any atom is 0.103 e. The molecule has 0 saturated heterocycles. The van der Waals surface area contributed by atoms with Crippen molar-refractivity contribution in [3.05, 3.63) is 0 Å². The van der Waals surface area contributed by atoms with E-state index in [1.54, 1.807) is 19.3 Å². The molecule has 4 fully saturated rings. The van der Waals surface area contributed by atoms with Crippen LogP contribution in [-0.2, 0) is 0 Å². The highest BCUT2D eigenvalue weighted by molar-refractivity contribution is 5.94. The van der Waals surface area contributed by atoms with Crippen LogP contribution in [0.2, 0.25) is 0 Å². The first-order valence-corrected chi connectivity index (χ1v) is 6.63. The lowest BCUT2D eigenvalue weighted by molar-refractivity contribution is 0.0411. The molecule has 1 spiro atoms. The zero-order valence-corrected chi connectivity index (χ0v) is 9.13. The van der Waals surface area contributed by atoms with Crippen LogP contribution in [0.1, 0.15) is 32.1 Å². The number of fused-ring (bicyclic) bond motifs is 1. The predicted octanol–water partition coefficient (Wildman–Crippen LogP) is 1.81. The lowest BCUT2D eigenvalue weighted by Gasteiger charge is -2.46. The van der Waals surface area contributed by atoms with E-state index in [-0.39, 0.29) is 0 Å². The summed E-state index contributed by atoms with van der Waals surface area (Å²) in [7, 11) is 0. The van der Waals surface area contributed by atoms with Crippen LogP contribution >= 0.6 is 0 Å². The zero-order valence-electron chi connectivity index (χ0n) is 9.13. The predicted molar refractivity (Wildman–Crippen MR) is 58.7 cm³/mol. The van der Waals surface area contributed by atoms with Crippen molar-refractivity contribution in [1.29, 1.82) is 0 Å². The van der Waals surface area contributed by atoms with Gasteiger partial charge in [0.2, 0.25) is 0 Å². The average Bonchev–Trinajstić information content (AvgIpc) is 2.58. The molecule has 5 atom stereocenters. The zero-order chi connectivity index (χ0) is 9.67. The molecule has 80 valence electrons. The molecule has 2 nitrogen and oxygen atoms in total. The van der Waals surface area contributed by atoms with Gasteiger partial charge in [-0.1, -0.05) is 0 Å². The van der Waals surface area contributed by atoms with Crippen molar-refractivity contribution in [2.45, 2.75) is 32.1 Å². The third-order valence-electron chi connectivity index (χ3n) is 6.34. The Morgan fingerprint density at radius 1 is 1.27 bits per heavy atom. The summed E-state index contributed by atoms with van der Waals surface area (Å²) in [4.78, 5) is 4.74. The van der Waals surface area contributed by atoms with Crippen LogP contribution in [0.3, 0.4) is 0 Å². The van der Waals surface area contributed by atoms with E-state index in [0.29, 0.717) is 5.41 Å². The van der Waals surface area contributed by atoms with Gasteiger partial charge >= 0.3 is 0 Å². The van der Waals surface area contributed by atoms with Crippen LogP contribution < -0.4 is 5.32 Å². The summed E-state index contributed by atoms with van der Waals surface area (Å²) >= 11 is 0. The van der Waals surface area contributed by atoms with E-state index in [1.807, 2.05) is 0 Å². The molecule has 0 aromatic carbocycles. The molecule has 4 saturated carbocycles. The van der Waals surface area contributed by atoms with Crippen molar-refractivity contribution in [3.8, 4) is 0 Å². The molecule has 5 aliphatic rings. The smallest absolute Gasteiger partial charge is 0.103 e. The Morgan fingerprint density at radius 2 is 2.27 bits per heavy atom. The third-order valence-corrected chi connectivity index (χ3v) is 6.34. The summed E-state index contributed by atoms with van der Waals surface area (Å²) in [6.45, 7) is 2.14. The van der Waals surface area contributed by atoms with Gasteiger partial charge in [0, 0.05) is 12.0 Å². The van der Waals surface area contributed by atoms with Gasteiger partial charge in [0.15, 0.2) is 0 Å². The normalized spacial score (nSPS) is 62.9. The van der Waals surface area contributed by atoms with Crippen LogP contribution in [0.25, 0.3) is 0 Å². The van der Waals surface area contributed by atoms with Crippen LogP contribution in [0.5, 0.6) is 0 Å². The van der Waals surface area contributed by atoms with Gasteiger partial charge in [-0.2, -0.15) is 0 Å². The standard InChI is InChI=1S/C13H18N2/c1-2-15-11(14-1)13-5-8-3-9-6-12(13,7-13)10(9)4-8/h8-10H,1-7H2,(H,14,15). The molecule has 15 heavy (non-hydrogen) atoms. The fraction of sp³-hybridized carbons (Fsp3) is 0.923. The second-order valence-corrected chi connectivity index (χ2v) is 6.68. The largest absolute Gasteiger partial charge is 0.371 e. The Labute approximate surface area is 90.5 Å². The molecule has 0 radical (unpaired) electrons. The van der Waals surface area contributed by atoms with Gasteiger partial charge in [0.1, 0.15) is 5.84 Å². The van der Waals surface area contributed by atoms with Crippen molar-refractivity contribution in [2.75, 3.05) is 13.1 Å². The molecule has 5 rings (SSSR count). The van der Waals surface area contributed by atoms with E-state index in [2.05, 4.69) is 5.32 Å². The third kappa shape index (κ3) is 0.620. The highest BCUT2D eigenvalue weighted by Crippen LogP contribution is 2.87. The van der Waals surface area contributed by atoms with Gasteiger partial charge in [-0.3, -0.25) is 4.99 Å². The van der Waals surface area contributed by atoms with Crippen molar-refractivity contribution >= 4 is 5.84 Å². The Bertz CT molecular complexity index is 388. The molecular formula is C13H18N2. The highest BCUT2D eigenvalue weighted by Gasteiger charge is 2.82. The summed E-state index contributed by atoms with van der Waals surface area (Å²) < 4.78 is 0. The molecule has 2 bridgehead atoms. The summed E-state index contributed by atoms with van der Waals surface area (Å²) in [5.41, 5.74) is 1.34. The van der Waals surface area contributed by atoms with E-state index in [4.69, 9.17) is 4.99 Å². The molecule has 2 heteroatoms. The Kier molecular flexibility index (Phi) is 1.02. The molecule has 4 aliphatic carbocycles. The maximum absolute atomic E-state index is 4.74. The Morgan fingerprint density at radius 3 is 3.13 bits per heavy atom. The highest BCUT2D eigenvalue weighted by atomic mass is 15.1. The fourth-order valence-corrected chi connectivity index (χ4v) is 5.92. The molecule has 1 heterocycles. The topological polar surface area (TPSA) is 24.4 Å². The van der Waals surface area contributed by atoms with Gasteiger partial charge in [-0.15, -0.1) is 0 Å². The Hall–Kier alpha value is -0.530. The number of amidine groups is 1. The summed E-state index contributed by atoms with van der Waals surface area (Å²) in [6.07, 6.45) is 7.64. The van der Waals surface area contributed by atoms with Crippen molar-refractivity contribution in [2.24, 2.45) is 33.6 Å². The lowest BCUT2D eigenvalue weighted by atomic mass is 9.58. The molecule has 0 amide bonds. The van der Waals surface area contributed by atoms with Crippen molar-refractivity contribution < 1.29 is 0 Å². The van der Waals surface area contributed by atoms with Crippen molar-refractivity contribution in [1.82, 2.24) is 5.32 Å². The Balaban J connectivity index is 1.62. The summed E-state index contributed by atoms with van der Waals surface area (Å²) in [5.74, 6) is 4.73. The van der Waals surface area contributed by atoms with Crippen LogP contribution in [0.4, 0.5) is 0 Å². The number of hydrogen-bond acceptors (Lipinski definition) is 2. The first kappa shape index (κ1) is 7.70. The number of aliphatic imine (C=N–C) groups is 1. The second-order valence-electron chi connectivity index (χ2n) is 6.68. The maximum atomic E-state index is 4.74. The first-order chi connectivity index (χ1) is 7.34. The quantitative estimate of drug-likeness (QED) is 0.689. The monoisotopic (exact) mass is 202 g/mol. The van der Waals surface area contributed by atoms with E-state index < -0.39 is 0 Å². The van der Waals surface area contributed by atoms with Crippen LogP contribution in [0, 0.1) is 28.6 Å². The van der Waals surface area contributed by atoms with Gasteiger partial charge < -0.3 is 5.32 Å². The van der Waals surface area contributed by atoms with E-state index >= 15 is 0 Å². The number of nitrogens with one attached hydrogen (secondary N) is 1. The first-order valence-electron chi connectivity index (χ1n) is 6.63. The van der Waals surface area contributed by atoms with Crippen LogP contribution in [0.15, 0.2) is 4.99 Å². The van der Waals surface area contributed by atoms with Crippen molar-refractivity contribution in [3.63, 3.8) is 0 Å². The molecule has 1 N–H and O–H groups in total. The van der Waals surface area contributed by atoms with Gasteiger partial charge in [-0.25, -0.2) is 0 Å². The number of rotatable bonds is 1. The molecule has 0 aromatic rings. The van der Waals surface area contributed by atoms with E-state index in [1.165, 1.54) is 18.7 Å².